The molecule has 1 amide bonds. The largest absolute Gasteiger partial charge is 0.376 e. The first-order chi connectivity index (χ1) is 16.0. The van der Waals surface area contributed by atoms with Crippen LogP contribution in [-0.4, -0.2) is 45.4 Å². The van der Waals surface area contributed by atoms with Crippen molar-refractivity contribution in [1.82, 2.24) is 14.5 Å². The Hall–Kier alpha value is -2.16. The van der Waals surface area contributed by atoms with Crippen molar-refractivity contribution in [3.8, 4) is 0 Å². The molecule has 0 spiro atoms. The van der Waals surface area contributed by atoms with Crippen LogP contribution in [0.5, 0.6) is 0 Å². The predicted octanol–water partition coefficient (Wildman–Crippen LogP) is 4.18. The zero-order chi connectivity index (χ0) is 22.9. The van der Waals surface area contributed by atoms with Crippen molar-refractivity contribution in [3.05, 3.63) is 56.2 Å². The summed E-state index contributed by atoms with van der Waals surface area (Å²) in [6, 6.07) is 8.32. The van der Waals surface area contributed by atoms with Crippen molar-refractivity contribution in [2.75, 3.05) is 18.9 Å². The molecule has 5 rings (SSSR count). The molecule has 1 saturated heterocycles. The molecule has 0 N–H and O–H groups in total. The van der Waals surface area contributed by atoms with E-state index in [0.29, 0.717) is 18.2 Å². The molecule has 0 bridgehead atoms. The molecular formula is C25H29N3O3S2. The molecule has 0 aliphatic carbocycles. The highest BCUT2D eigenvalue weighted by Gasteiger charge is 2.25. The van der Waals surface area contributed by atoms with E-state index in [1.807, 2.05) is 11.0 Å². The lowest BCUT2D eigenvalue weighted by Gasteiger charge is -2.28. The Morgan fingerprint density at radius 2 is 2.12 bits per heavy atom. The normalized spacial score (nSPS) is 18.1. The third kappa shape index (κ3) is 4.48. The van der Waals surface area contributed by atoms with Crippen LogP contribution in [-0.2, 0) is 35.5 Å². The molecule has 2 aliphatic heterocycles. The van der Waals surface area contributed by atoms with Crippen LogP contribution in [0.1, 0.15) is 41.3 Å². The number of amides is 1. The first-order valence-electron chi connectivity index (χ1n) is 11.7. The number of nitrogens with zero attached hydrogens (tertiary/aromatic N) is 3. The van der Waals surface area contributed by atoms with Gasteiger partial charge in [0.25, 0.3) is 5.56 Å². The number of ether oxygens (including phenoxy) is 1. The van der Waals surface area contributed by atoms with Crippen LogP contribution in [0.25, 0.3) is 10.2 Å². The number of thioether (sulfide) groups is 1. The summed E-state index contributed by atoms with van der Waals surface area (Å²) < 4.78 is 7.58. The Balaban J connectivity index is 1.40. The van der Waals surface area contributed by atoms with Gasteiger partial charge in [0.1, 0.15) is 4.83 Å². The van der Waals surface area contributed by atoms with E-state index in [4.69, 9.17) is 9.72 Å². The molecule has 1 atom stereocenters. The molecule has 3 aromatic rings. The lowest BCUT2D eigenvalue weighted by molar-refractivity contribution is -0.129. The number of hydrogen-bond donors (Lipinski definition) is 0. The number of rotatable bonds is 6. The van der Waals surface area contributed by atoms with Gasteiger partial charge in [-0.15, -0.1) is 11.3 Å². The number of fused-ring (bicyclic) bond motifs is 2. The molecule has 2 aromatic heterocycles. The second-order valence-electron chi connectivity index (χ2n) is 8.74. The van der Waals surface area contributed by atoms with Crippen LogP contribution >= 0.6 is 23.1 Å². The Bertz CT molecular complexity index is 1240. The van der Waals surface area contributed by atoms with Crippen LogP contribution in [0.3, 0.4) is 0 Å². The van der Waals surface area contributed by atoms with Gasteiger partial charge in [-0.1, -0.05) is 43.0 Å². The topological polar surface area (TPSA) is 64.4 Å². The third-order valence-corrected chi connectivity index (χ3v) is 8.65. The second kappa shape index (κ2) is 9.60. The number of hydrogen-bond acceptors (Lipinski definition) is 6. The summed E-state index contributed by atoms with van der Waals surface area (Å²) >= 11 is 2.95. The number of thiophene rings is 1. The maximum atomic E-state index is 13.6. The van der Waals surface area contributed by atoms with Crippen molar-refractivity contribution in [3.63, 3.8) is 0 Å². The van der Waals surface area contributed by atoms with Gasteiger partial charge in [-0.05, 0) is 49.3 Å². The minimum absolute atomic E-state index is 0.00134. The van der Waals surface area contributed by atoms with E-state index in [9.17, 15) is 9.59 Å². The molecule has 1 unspecified atom stereocenters. The molecule has 1 aromatic carbocycles. The van der Waals surface area contributed by atoms with Crippen molar-refractivity contribution >= 4 is 39.2 Å². The van der Waals surface area contributed by atoms with Gasteiger partial charge < -0.3 is 9.64 Å². The number of aryl methyl sites for hydroxylation is 2. The fourth-order valence-electron chi connectivity index (χ4n) is 4.85. The van der Waals surface area contributed by atoms with Crippen molar-refractivity contribution in [1.29, 1.82) is 0 Å². The zero-order valence-electron chi connectivity index (χ0n) is 19.1. The predicted molar refractivity (Wildman–Crippen MR) is 133 cm³/mol. The van der Waals surface area contributed by atoms with E-state index in [0.717, 1.165) is 59.5 Å². The highest BCUT2D eigenvalue weighted by molar-refractivity contribution is 7.99. The van der Waals surface area contributed by atoms with E-state index in [1.165, 1.54) is 22.9 Å². The molecule has 0 radical (unpaired) electrons. The molecular weight excluding hydrogens is 454 g/mol. The summed E-state index contributed by atoms with van der Waals surface area (Å²) in [7, 11) is 0. The van der Waals surface area contributed by atoms with Gasteiger partial charge in [-0.2, -0.15) is 0 Å². The molecule has 174 valence electrons. The summed E-state index contributed by atoms with van der Waals surface area (Å²) in [6.07, 6.45) is 3.69. The third-order valence-electron chi connectivity index (χ3n) is 6.65. The molecule has 2 aliphatic rings. The smallest absolute Gasteiger partial charge is 0.263 e. The number of carbonyl (C=O) groups excluding carboxylic acids is 1. The quantitative estimate of drug-likeness (QED) is 0.389. The molecule has 0 saturated carbocycles. The van der Waals surface area contributed by atoms with Crippen molar-refractivity contribution < 1.29 is 9.53 Å². The van der Waals surface area contributed by atoms with E-state index < -0.39 is 0 Å². The molecule has 6 nitrogen and oxygen atoms in total. The first-order valence-corrected chi connectivity index (χ1v) is 13.5. The molecule has 33 heavy (non-hydrogen) atoms. The number of carbonyl (C=O) groups is 1. The maximum Gasteiger partial charge on any atom is 0.263 e. The number of benzene rings is 1. The van der Waals surface area contributed by atoms with Crippen LogP contribution in [0.4, 0.5) is 0 Å². The van der Waals surface area contributed by atoms with Crippen molar-refractivity contribution in [2.45, 2.75) is 63.9 Å². The molecule has 8 heteroatoms. The summed E-state index contributed by atoms with van der Waals surface area (Å²) in [6.45, 7) is 6.75. The Morgan fingerprint density at radius 3 is 2.88 bits per heavy atom. The van der Waals surface area contributed by atoms with Crippen LogP contribution < -0.4 is 5.56 Å². The molecule has 1 fully saturated rings. The maximum absolute atomic E-state index is 13.6. The standard InChI is InChI=1S/C25H29N3O3S2/c1-3-20-16(2)33-23-22(20)24(30)28(14-19-9-6-12-31-19)25(26-23)32-15-21(29)27-11-10-17-7-4-5-8-18(17)13-27/h4-5,7-8,19H,3,6,9-15H2,1-2H3. The van der Waals surface area contributed by atoms with Crippen LogP contribution in [0, 0.1) is 6.92 Å². The molecule has 4 heterocycles. The highest BCUT2D eigenvalue weighted by atomic mass is 32.2. The summed E-state index contributed by atoms with van der Waals surface area (Å²) in [5.74, 6) is 0.362. The fraction of sp³-hybridized carbons (Fsp3) is 0.480. The fourth-order valence-corrected chi connectivity index (χ4v) is 6.91. The van der Waals surface area contributed by atoms with Gasteiger partial charge in [-0.3, -0.25) is 14.2 Å². The summed E-state index contributed by atoms with van der Waals surface area (Å²) in [4.78, 5) is 35.4. The Labute approximate surface area is 202 Å². The lowest BCUT2D eigenvalue weighted by atomic mass is 10.00. The SMILES string of the molecule is CCc1c(C)sc2nc(SCC(=O)N3CCc4ccccc4C3)n(CC3CCCO3)c(=O)c12. The lowest BCUT2D eigenvalue weighted by Crippen LogP contribution is -2.37. The van der Waals surface area contributed by atoms with Crippen LogP contribution in [0.15, 0.2) is 34.2 Å². The van der Waals surface area contributed by atoms with Gasteiger partial charge in [0.05, 0.1) is 23.8 Å². The van der Waals surface area contributed by atoms with Gasteiger partial charge >= 0.3 is 0 Å². The number of aromatic nitrogens is 2. The van der Waals surface area contributed by atoms with E-state index in [2.05, 4.69) is 32.0 Å². The van der Waals surface area contributed by atoms with E-state index >= 15 is 0 Å². The average molecular weight is 484 g/mol. The minimum Gasteiger partial charge on any atom is -0.376 e. The van der Waals surface area contributed by atoms with Gasteiger partial charge in [0.15, 0.2) is 5.16 Å². The van der Waals surface area contributed by atoms with Gasteiger partial charge in [-0.25, -0.2) is 4.98 Å². The van der Waals surface area contributed by atoms with E-state index in [-0.39, 0.29) is 23.3 Å². The van der Waals surface area contributed by atoms with Gasteiger partial charge in [0.2, 0.25) is 5.91 Å². The Kier molecular flexibility index (Phi) is 6.58. The second-order valence-corrected chi connectivity index (χ2v) is 10.9. The highest BCUT2D eigenvalue weighted by Crippen LogP contribution is 2.30. The van der Waals surface area contributed by atoms with Crippen molar-refractivity contribution in [2.24, 2.45) is 0 Å². The van der Waals surface area contributed by atoms with E-state index in [1.54, 1.807) is 15.9 Å². The van der Waals surface area contributed by atoms with Crippen LogP contribution in [0.2, 0.25) is 0 Å². The zero-order valence-corrected chi connectivity index (χ0v) is 20.8. The summed E-state index contributed by atoms with van der Waals surface area (Å²) in [5.41, 5.74) is 3.64. The van der Waals surface area contributed by atoms with Gasteiger partial charge in [0, 0.05) is 24.6 Å². The average Bonchev–Trinajstić information content (AvgIpc) is 3.46. The minimum atomic E-state index is -0.00134. The summed E-state index contributed by atoms with van der Waals surface area (Å²) in [5, 5.41) is 1.36. The monoisotopic (exact) mass is 483 g/mol. The Morgan fingerprint density at radius 1 is 1.30 bits per heavy atom. The first kappa shape index (κ1) is 22.6.